The van der Waals surface area contributed by atoms with E-state index in [1.807, 2.05) is 0 Å². The molecule has 0 saturated carbocycles. The van der Waals surface area contributed by atoms with Crippen LogP contribution in [0.15, 0.2) is 35.8 Å². The zero-order valence-electron chi connectivity index (χ0n) is 9.83. The summed E-state index contributed by atoms with van der Waals surface area (Å²) in [6.45, 7) is -0.126. The number of anilines is 1. The van der Waals surface area contributed by atoms with Crippen LogP contribution in [0.2, 0.25) is 0 Å². The van der Waals surface area contributed by atoms with Crippen molar-refractivity contribution in [3.63, 3.8) is 0 Å². The third kappa shape index (κ3) is 3.73. The molecule has 2 rings (SSSR count). The number of thiocarbonyl (C=S) groups is 1. The minimum absolute atomic E-state index is 0.126. The van der Waals surface area contributed by atoms with Gasteiger partial charge in [-0.15, -0.1) is 11.3 Å². The molecular formula is C12H11N3O2S2. The molecule has 2 aromatic rings. The lowest BCUT2D eigenvalue weighted by molar-refractivity contribution is -0.118. The van der Waals surface area contributed by atoms with Gasteiger partial charge in [-0.05, 0) is 12.1 Å². The number of nitrogens with one attached hydrogen (secondary N) is 1. The Labute approximate surface area is 119 Å². The summed E-state index contributed by atoms with van der Waals surface area (Å²) in [7, 11) is 0. The third-order valence-corrected chi connectivity index (χ3v) is 3.10. The average molecular weight is 293 g/mol. The van der Waals surface area contributed by atoms with Gasteiger partial charge in [0.25, 0.3) is 5.91 Å². The van der Waals surface area contributed by atoms with Crippen LogP contribution in [0.4, 0.5) is 5.13 Å². The number of nitrogens with zero attached hydrogens (tertiary/aromatic N) is 1. The monoisotopic (exact) mass is 293 g/mol. The second-order valence-electron chi connectivity index (χ2n) is 3.53. The van der Waals surface area contributed by atoms with Crippen molar-refractivity contribution in [3.05, 3.63) is 41.4 Å². The van der Waals surface area contributed by atoms with Gasteiger partial charge in [-0.2, -0.15) is 0 Å². The molecule has 0 spiro atoms. The fourth-order valence-electron chi connectivity index (χ4n) is 1.38. The maximum atomic E-state index is 11.6. The first-order valence-corrected chi connectivity index (χ1v) is 6.66. The van der Waals surface area contributed by atoms with E-state index >= 15 is 0 Å². The van der Waals surface area contributed by atoms with Crippen LogP contribution in [0.1, 0.15) is 5.56 Å². The van der Waals surface area contributed by atoms with Gasteiger partial charge in [-0.3, -0.25) is 10.1 Å². The maximum Gasteiger partial charge on any atom is 0.264 e. The molecule has 0 atom stereocenters. The van der Waals surface area contributed by atoms with Crippen LogP contribution >= 0.6 is 23.6 Å². The summed E-state index contributed by atoms with van der Waals surface area (Å²) < 4.78 is 5.41. The van der Waals surface area contributed by atoms with Crippen molar-refractivity contribution >= 4 is 39.6 Å². The zero-order valence-corrected chi connectivity index (χ0v) is 11.5. The summed E-state index contributed by atoms with van der Waals surface area (Å²) in [5.74, 6) is 0.206. The van der Waals surface area contributed by atoms with E-state index in [1.54, 1.807) is 35.8 Å². The predicted molar refractivity (Wildman–Crippen MR) is 78.6 cm³/mol. The van der Waals surface area contributed by atoms with Crippen LogP contribution in [0.3, 0.4) is 0 Å². The van der Waals surface area contributed by atoms with Crippen LogP contribution in [-0.4, -0.2) is 22.5 Å². The molecule has 0 aliphatic rings. The molecule has 0 aliphatic carbocycles. The second kappa shape index (κ2) is 6.26. The number of thiazole rings is 1. The van der Waals surface area contributed by atoms with Crippen LogP contribution in [0.25, 0.3) is 0 Å². The van der Waals surface area contributed by atoms with Crippen molar-refractivity contribution < 1.29 is 9.53 Å². The van der Waals surface area contributed by atoms with Gasteiger partial charge in [0.2, 0.25) is 0 Å². The number of rotatable bonds is 5. The first kappa shape index (κ1) is 13.4. The number of ether oxygens (including phenoxy) is 1. The molecule has 1 amide bonds. The summed E-state index contributed by atoms with van der Waals surface area (Å²) in [4.78, 5) is 15.8. The zero-order chi connectivity index (χ0) is 13.7. The highest BCUT2D eigenvalue weighted by Crippen LogP contribution is 2.17. The van der Waals surface area contributed by atoms with Crippen molar-refractivity contribution in [2.45, 2.75) is 0 Å². The standard InChI is InChI=1S/C12H11N3O2S2/c13-11(18)8-3-1-2-4-9(8)17-7-10(16)15-12-14-5-6-19-12/h1-6H,7H2,(H2,13,18)(H,14,15,16). The second-order valence-corrected chi connectivity index (χ2v) is 4.87. The van der Waals surface area contributed by atoms with E-state index in [0.29, 0.717) is 16.4 Å². The molecule has 0 fully saturated rings. The van der Waals surface area contributed by atoms with E-state index in [0.717, 1.165) is 0 Å². The molecule has 5 nitrogen and oxygen atoms in total. The molecular weight excluding hydrogens is 282 g/mol. The fraction of sp³-hybridized carbons (Fsp3) is 0.0833. The third-order valence-electron chi connectivity index (χ3n) is 2.19. The highest BCUT2D eigenvalue weighted by Gasteiger charge is 2.09. The number of para-hydroxylation sites is 1. The lowest BCUT2D eigenvalue weighted by Crippen LogP contribution is -2.21. The lowest BCUT2D eigenvalue weighted by Gasteiger charge is -2.09. The average Bonchev–Trinajstić information content (AvgIpc) is 2.89. The van der Waals surface area contributed by atoms with Crippen LogP contribution in [0, 0.1) is 0 Å². The van der Waals surface area contributed by atoms with Gasteiger partial charge >= 0.3 is 0 Å². The quantitative estimate of drug-likeness (QED) is 0.822. The van der Waals surface area contributed by atoms with Crippen molar-refractivity contribution in [1.29, 1.82) is 0 Å². The minimum Gasteiger partial charge on any atom is -0.483 e. The molecule has 1 aromatic heterocycles. The summed E-state index contributed by atoms with van der Waals surface area (Å²) in [6, 6.07) is 7.05. The van der Waals surface area contributed by atoms with Crippen molar-refractivity contribution in [2.75, 3.05) is 11.9 Å². The number of hydrogen-bond donors (Lipinski definition) is 2. The largest absolute Gasteiger partial charge is 0.483 e. The van der Waals surface area contributed by atoms with E-state index in [2.05, 4.69) is 10.3 Å². The number of nitrogens with two attached hydrogens (primary N) is 1. The smallest absolute Gasteiger partial charge is 0.264 e. The van der Waals surface area contributed by atoms with E-state index in [9.17, 15) is 4.79 Å². The highest BCUT2D eigenvalue weighted by molar-refractivity contribution is 7.80. The first-order chi connectivity index (χ1) is 9.16. The molecule has 0 bridgehead atoms. The van der Waals surface area contributed by atoms with Gasteiger partial charge in [0.05, 0.1) is 5.56 Å². The lowest BCUT2D eigenvalue weighted by atomic mass is 10.2. The number of hydrogen-bond acceptors (Lipinski definition) is 5. The number of benzene rings is 1. The van der Waals surface area contributed by atoms with E-state index in [-0.39, 0.29) is 17.5 Å². The fourth-order valence-corrected chi connectivity index (χ4v) is 2.09. The van der Waals surface area contributed by atoms with Crippen LogP contribution in [-0.2, 0) is 4.79 Å². The molecule has 3 N–H and O–H groups in total. The van der Waals surface area contributed by atoms with Gasteiger partial charge in [0, 0.05) is 11.6 Å². The van der Waals surface area contributed by atoms with Crippen molar-refractivity contribution in [1.82, 2.24) is 4.98 Å². The molecule has 1 heterocycles. The number of amides is 1. The molecule has 1 aromatic carbocycles. The number of carbonyl (C=O) groups is 1. The van der Waals surface area contributed by atoms with Gasteiger partial charge in [-0.25, -0.2) is 4.98 Å². The molecule has 19 heavy (non-hydrogen) atoms. The molecule has 0 radical (unpaired) electrons. The molecule has 0 saturated heterocycles. The summed E-state index contributed by atoms with van der Waals surface area (Å²) in [5.41, 5.74) is 6.18. The Morgan fingerprint density at radius 3 is 2.95 bits per heavy atom. The summed E-state index contributed by atoms with van der Waals surface area (Å²) in [5, 5.41) is 4.93. The molecule has 7 heteroatoms. The maximum absolute atomic E-state index is 11.6. The van der Waals surface area contributed by atoms with Gasteiger partial charge in [-0.1, -0.05) is 24.4 Å². The molecule has 98 valence electrons. The van der Waals surface area contributed by atoms with Gasteiger partial charge in [0.1, 0.15) is 10.7 Å². The Morgan fingerprint density at radius 1 is 1.47 bits per heavy atom. The Balaban J connectivity index is 1.95. The Hall–Kier alpha value is -1.99. The highest BCUT2D eigenvalue weighted by atomic mass is 32.1. The van der Waals surface area contributed by atoms with E-state index in [1.165, 1.54) is 11.3 Å². The van der Waals surface area contributed by atoms with Crippen molar-refractivity contribution in [2.24, 2.45) is 5.73 Å². The number of aromatic nitrogens is 1. The van der Waals surface area contributed by atoms with Gasteiger partial charge in [0.15, 0.2) is 11.7 Å². The Kier molecular flexibility index (Phi) is 4.43. The van der Waals surface area contributed by atoms with Crippen molar-refractivity contribution in [3.8, 4) is 5.75 Å². The van der Waals surface area contributed by atoms with Gasteiger partial charge < -0.3 is 10.5 Å². The summed E-state index contributed by atoms with van der Waals surface area (Å²) >= 11 is 6.25. The normalized spacial score (nSPS) is 9.89. The van der Waals surface area contributed by atoms with Crippen LogP contribution < -0.4 is 15.8 Å². The van der Waals surface area contributed by atoms with E-state index < -0.39 is 0 Å². The Bertz CT molecular complexity index is 584. The molecule has 0 unspecified atom stereocenters. The Morgan fingerprint density at radius 2 is 2.26 bits per heavy atom. The predicted octanol–water partition coefficient (Wildman–Crippen LogP) is 1.79. The number of carbonyl (C=O) groups excluding carboxylic acids is 1. The van der Waals surface area contributed by atoms with Crippen LogP contribution in [0.5, 0.6) is 5.75 Å². The summed E-state index contributed by atoms with van der Waals surface area (Å²) in [6.07, 6.45) is 1.61. The molecule has 0 aliphatic heterocycles. The first-order valence-electron chi connectivity index (χ1n) is 5.38. The minimum atomic E-state index is -0.285. The van der Waals surface area contributed by atoms with E-state index in [4.69, 9.17) is 22.7 Å². The SMILES string of the molecule is NC(=S)c1ccccc1OCC(=O)Nc1nccs1. The topological polar surface area (TPSA) is 77.2 Å².